The van der Waals surface area contributed by atoms with Crippen molar-refractivity contribution in [3.05, 3.63) is 11.6 Å². The largest absolute Gasteiger partial charge is 0.392 e. The monoisotopic (exact) mass is 244 g/mol. The maximum atomic E-state index is 9.49. The van der Waals surface area contributed by atoms with Gasteiger partial charge in [-0.2, -0.15) is 0 Å². The molecule has 94 valence electrons. The van der Waals surface area contributed by atoms with Gasteiger partial charge in [0.1, 0.15) is 0 Å². The van der Waals surface area contributed by atoms with E-state index < -0.39 is 0 Å². The molecule has 16 heavy (non-hydrogen) atoms. The van der Waals surface area contributed by atoms with Gasteiger partial charge < -0.3 is 5.11 Å². The molecule has 0 saturated heterocycles. The minimum atomic E-state index is -0.339. The van der Waals surface area contributed by atoms with Crippen LogP contribution in [0.2, 0.25) is 0 Å². The fourth-order valence-corrected chi connectivity index (χ4v) is 2.57. The van der Waals surface area contributed by atoms with Gasteiger partial charge in [0.15, 0.2) is 0 Å². The molecule has 0 bridgehead atoms. The van der Waals surface area contributed by atoms with Crippen LogP contribution in [0.3, 0.4) is 0 Å². The first-order valence-electron chi connectivity index (χ1n) is 6.49. The van der Waals surface area contributed by atoms with Crippen LogP contribution in [0.25, 0.3) is 0 Å². The van der Waals surface area contributed by atoms with Crippen molar-refractivity contribution in [3.8, 4) is 0 Å². The van der Waals surface area contributed by atoms with Gasteiger partial charge in [-0.1, -0.05) is 32.4 Å². The molecule has 0 spiro atoms. The Morgan fingerprint density at radius 2 is 2.12 bits per heavy atom. The van der Waals surface area contributed by atoms with Gasteiger partial charge in [-0.15, -0.1) is 11.6 Å². The average molecular weight is 245 g/mol. The van der Waals surface area contributed by atoms with Gasteiger partial charge in [-0.25, -0.2) is 0 Å². The molecular weight excluding hydrogens is 220 g/mol. The van der Waals surface area contributed by atoms with Crippen molar-refractivity contribution >= 4 is 11.6 Å². The molecule has 0 aliphatic heterocycles. The van der Waals surface area contributed by atoms with Crippen LogP contribution in [0, 0.1) is 17.8 Å². The number of halogens is 1. The molecule has 3 atom stereocenters. The van der Waals surface area contributed by atoms with Gasteiger partial charge in [0.2, 0.25) is 0 Å². The summed E-state index contributed by atoms with van der Waals surface area (Å²) in [6.07, 6.45) is 6.56. The SMILES string of the molecule is CC(C)[C@H]1C=C(CC[C@@H](O)CCl)[C@@H](C)CC1. The number of hydrogen-bond acceptors (Lipinski definition) is 1. The first-order chi connectivity index (χ1) is 7.54. The predicted molar refractivity (Wildman–Crippen MR) is 70.8 cm³/mol. The number of aliphatic hydroxyl groups is 1. The zero-order chi connectivity index (χ0) is 12.1. The molecule has 1 aliphatic carbocycles. The van der Waals surface area contributed by atoms with E-state index in [1.54, 1.807) is 0 Å². The average Bonchev–Trinajstić information content (AvgIpc) is 2.27. The van der Waals surface area contributed by atoms with Gasteiger partial charge in [0, 0.05) is 5.88 Å². The van der Waals surface area contributed by atoms with Crippen LogP contribution < -0.4 is 0 Å². The maximum absolute atomic E-state index is 9.49. The summed E-state index contributed by atoms with van der Waals surface area (Å²) in [4.78, 5) is 0. The van der Waals surface area contributed by atoms with E-state index in [9.17, 15) is 5.11 Å². The van der Waals surface area contributed by atoms with E-state index in [4.69, 9.17) is 11.6 Å². The normalized spacial score (nSPS) is 28.0. The number of allylic oxidation sites excluding steroid dienone is 2. The third kappa shape index (κ3) is 4.10. The Labute approximate surface area is 105 Å². The molecule has 1 nitrogen and oxygen atoms in total. The molecule has 1 aliphatic rings. The standard InChI is InChI=1S/C14H25ClO/c1-10(2)12-5-4-11(3)13(8-12)6-7-14(16)9-15/h8,10-12,14,16H,4-7,9H2,1-3H3/t11-,12+,14+/m0/s1. The summed E-state index contributed by atoms with van der Waals surface area (Å²) in [7, 11) is 0. The molecule has 0 aromatic heterocycles. The Hall–Kier alpha value is -0.0100. The first kappa shape index (κ1) is 14.1. The third-order valence-electron chi connectivity index (χ3n) is 3.79. The minimum absolute atomic E-state index is 0.339. The highest BCUT2D eigenvalue weighted by atomic mass is 35.5. The Balaban J connectivity index is 2.53. The van der Waals surface area contributed by atoms with Crippen LogP contribution in [0.5, 0.6) is 0 Å². The molecule has 0 aromatic carbocycles. The molecule has 0 fully saturated rings. The fourth-order valence-electron chi connectivity index (χ4n) is 2.42. The van der Waals surface area contributed by atoms with E-state index in [-0.39, 0.29) is 6.10 Å². The number of rotatable bonds is 5. The summed E-state index contributed by atoms with van der Waals surface area (Å²) in [6.45, 7) is 6.89. The summed E-state index contributed by atoms with van der Waals surface area (Å²) in [6, 6.07) is 0. The van der Waals surface area contributed by atoms with Gasteiger partial charge in [-0.3, -0.25) is 0 Å². The summed E-state index contributed by atoms with van der Waals surface area (Å²) in [5, 5.41) is 9.49. The fraction of sp³-hybridized carbons (Fsp3) is 0.857. The van der Waals surface area contributed by atoms with E-state index in [0.717, 1.165) is 24.7 Å². The molecule has 0 unspecified atom stereocenters. The molecule has 0 aromatic rings. The molecule has 2 heteroatoms. The van der Waals surface area contributed by atoms with Crippen molar-refractivity contribution in [1.82, 2.24) is 0 Å². The van der Waals surface area contributed by atoms with Gasteiger partial charge in [0.05, 0.1) is 6.10 Å². The topological polar surface area (TPSA) is 20.2 Å². The predicted octanol–water partition coefficient (Wildman–Crippen LogP) is 3.99. The minimum Gasteiger partial charge on any atom is -0.392 e. The third-order valence-corrected chi connectivity index (χ3v) is 4.15. The van der Waals surface area contributed by atoms with E-state index in [2.05, 4.69) is 26.8 Å². The molecule has 0 amide bonds. The highest BCUT2D eigenvalue weighted by Gasteiger charge is 2.21. The quantitative estimate of drug-likeness (QED) is 0.573. The molecule has 1 rings (SSSR count). The van der Waals surface area contributed by atoms with Crippen molar-refractivity contribution in [2.75, 3.05) is 5.88 Å². The highest BCUT2D eigenvalue weighted by molar-refractivity contribution is 6.18. The van der Waals surface area contributed by atoms with Crippen LogP contribution in [0.15, 0.2) is 11.6 Å². The van der Waals surface area contributed by atoms with Crippen LogP contribution >= 0.6 is 11.6 Å². The van der Waals surface area contributed by atoms with Crippen LogP contribution in [-0.4, -0.2) is 17.1 Å². The summed E-state index contributed by atoms with van der Waals surface area (Å²) >= 11 is 5.62. The lowest BCUT2D eigenvalue weighted by Crippen LogP contribution is -2.17. The second-order valence-electron chi connectivity index (χ2n) is 5.47. The van der Waals surface area contributed by atoms with Gasteiger partial charge in [-0.05, 0) is 43.4 Å². The Bertz CT molecular complexity index is 235. The summed E-state index contributed by atoms with van der Waals surface area (Å²) in [5.41, 5.74) is 1.54. The lowest BCUT2D eigenvalue weighted by atomic mass is 9.77. The van der Waals surface area contributed by atoms with E-state index >= 15 is 0 Å². The molecule has 0 heterocycles. The Kier molecular flexibility index (Phi) is 5.85. The maximum Gasteiger partial charge on any atom is 0.0678 e. The number of alkyl halides is 1. The summed E-state index contributed by atoms with van der Waals surface area (Å²) in [5.74, 6) is 2.52. The summed E-state index contributed by atoms with van der Waals surface area (Å²) < 4.78 is 0. The Morgan fingerprint density at radius 3 is 2.69 bits per heavy atom. The Morgan fingerprint density at radius 1 is 1.44 bits per heavy atom. The van der Waals surface area contributed by atoms with Gasteiger partial charge >= 0.3 is 0 Å². The zero-order valence-corrected chi connectivity index (χ0v) is 11.5. The number of hydrogen-bond donors (Lipinski definition) is 1. The molecule has 0 radical (unpaired) electrons. The van der Waals surface area contributed by atoms with Crippen molar-refractivity contribution in [1.29, 1.82) is 0 Å². The van der Waals surface area contributed by atoms with E-state index in [0.29, 0.717) is 11.8 Å². The molecule has 0 saturated carbocycles. The van der Waals surface area contributed by atoms with Crippen molar-refractivity contribution in [3.63, 3.8) is 0 Å². The van der Waals surface area contributed by atoms with Crippen LogP contribution in [0.1, 0.15) is 46.5 Å². The lowest BCUT2D eigenvalue weighted by molar-refractivity contribution is 0.186. The van der Waals surface area contributed by atoms with Crippen molar-refractivity contribution in [2.24, 2.45) is 17.8 Å². The smallest absolute Gasteiger partial charge is 0.0678 e. The van der Waals surface area contributed by atoms with E-state index in [1.807, 2.05) is 0 Å². The van der Waals surface area contributed by atoms with Crippen molar-refractivity contribution < 1.29 is 5.11 Å². The second-order valence-corrected chi connectivity index (χ2v) is 5.78. The second kappa shape index (κ2) is 6.66. The van der Waals surface area contributed by atoms with Crippen LogP contribution in [0.4, 0.5) is 0 Å². The van der Waals surface area contributed by atoms with Gasteiger partial charge in [0.25, 0.3) is 0 Å². The first-order valence-corrected chi connectivity index (χ1v) is 7.02. The van der Waals surface area contributed by atoms with E-state index in [1.165, 1.54) is 18.4 Å². The lowest BCUT2D eigenvalue weighted by Gasteiger charge is -2.29. The molecular formula is C14H25ClO. The highest BCUT2D eigenvalue weighted by Crippen LogP contribution is 2.34. The zero-order valence-electron chi connectivity index (χ0n) is 10.7. The van der Waals surface area contributed by atoms with Crippen molar-refractivity contribution in [2.45, 2.75) is 52.6 Å². The number of aliphatic hydroxyl groups excluding tert-OH is 1. The van der Waals surface area contributed by atoms with Crippen LogP contribution in [-0.2, 0) is 0 Å². The molecule has 1 N–H and O–H groups in total.